The third kappa shape index (κ3) is 2.56. The molecule has 0 saturated carbocycles. The van der Waals surface area contributed by atoms with Crippen molar-refractivity contribution in [2.24, 2.45) is 0 Å². The van der Waals surface area contributed by atoms with Gasteiger partial charge in [0.15, 0.2) is 5.76 Å². The molecule has 1 heterocycles. The van der Waals surface area contributed by atoms with E-state index in [4.69, 9.17) is 4.74 Å². The lowest BCUT2D eigenvalue weighted by molar-refractivity contribution is 0.101. The summed E-state index contributed by atoms with van der Waals surface area (Å²) < 4.78 is 6.48. The lowest BCUT2D eigenvalue weighted by Gasteiger charge is -2.03. The Morgan fingerprint density at radius 1 is 1.05 bits per heavy atom. The maximum Gasteiger partial charge on any atom is 0.231 e. The number of Topliss-reactive ketones (excluding diaryl/α,β-unsaturated/α-hetero) is 1. The molecule has 2 aromatic rings. The highest BCUT2D eigenvalue weighted by Crippen LogP contribution is 2.37. The van der Waals surface area contributed by atoms with Crippen molar-refractivity contribution in [3.63, 3.8) is 0 Å². The van der Waals surface area contributed by atoms with Crippen molar-refractivity contribution < 1.29 is 19.7 Å². The molecule has 6 heteroatoms. The molecule has 0 atom stereocenters. The molecule has 0 aromatic heterocycles. The normalized spacial score (nSPS) is 15.1. The molecule has 0 bridgehead atoms. The van der Waals surface area contributed by atoms with Gasteiger partial charge in [-0.25, -0.2) is 0 Å². The fourth-order valence-electron chi connectivity index (χ4n) is 2.00. The van der Waals surface area contributed by atoms with E-state index in [-0.39, 0.29) is 23.0 Å². The Kier molecular flexibility index (Phi) is 3.51. The van der Waals surface area contributed by atoms with E-state index in [1.807, 2.05) is 0 Å². The van der Waals surface area contributed by atoms with Crippen LogP contribution in [0.3, 0.4) is 0 Å². The Balaban J connectivity index is 2.01. The second-order valence-corrected chi connectivity index (χ2v) is 6.16. The molecule has 2 aromatic carbocycles. The second kappa shape index (κ2) is 5.20. The SMILES string of the molecule is O=C1C(=Cc2cc(Br)c(O)c(Br)c2)Oc2cc(O)ccc21. The van der Waals surface area contributed by atoms with Crippen LogP contribution in [0.4, 0.5) is 0 Å². The smallest absolute Gasteiger partial charge is 0.231 e. The fraction of sp³-hybridized carbons (Fsp3) is 0. The number of phenolic OH excluding ortho intramolecular Hbond substituents is 2. The van der Waals surface area contributed by atoms with Gasteiger partial charge in [-0.3, -0.25) is 4.79 Å². The van der Waals surface area contributed by atoms with Gasteiger partial charge in [0.25, 0.3) is 0 Å². The van der Waals surface area contributed by atoms with Crippen molar-refractivity contribution in [2.45, 2.75) is 0 Å². The predicted molar refractivity (Wildman–Crippen MR) is 84.5 cm³/mol. The van der Waals surface area contributed by atoms with Crippen LogP contribution in [-0.4, -0.2) is 16.0 Å². The summed E-state index contributed by atoms with van der Waals surface area (Å²) in [6.45, 7) is 0. The number of rotatable bonds is 1. The zero-order valence-corrected chi connectivity index (χ0v) is 13.6. The summed E-state index contributed by atoms with van der Waals surface area (Å²) in [5.74, 6) is 0.385. The van der Waals surface area contributed by atoms with Crippen molar-refractivity contribution >= 4 is 43.7 Å². The minimum atomic E-state index is -0.245. The highest BCUT2D eigenvalue weighted by atomic mass is 79.9. The Bertz CT molecular complexity index is 773. The van der Waals surface area contributed by atoms with Gasteiger partial charge in [0.05, 0.1) is 14.5 Å². The van der Waals surface area contributed by atoms with Crippen LogP contribution >= 0.6 is 31.9 Å². The number of allylic oxidation sites excluding steroid dienone is 1. The van der Waals surface area contributed by atoms with Crippen molar-refractivity contribution in [3.8, 4) is 17.2 Å². The molecule has 106 valence electrons. The summed E-state index contributed by atoms with van der Waals surface area (Å²) in [6, 6.07) is 7.71. The lowest BCUT2D eigenvalue weighted by Crippen LogP contribution is -1.98. The molecule has 0 unspecified atom stereocenters. The van der Waals surface area contributed by atoms with Crippen LogP contribution < -0.4 is 4.74 Å². The molecule has 0 spiro atoms. The number of fused-ring (bicyclic) bond motifs is 1. The van der Waals surface area contributed by atoms with Gasteiger partial charge < -0.3 is 14.9 Å². The highest BCUT2D eigenvalue weighted by molar-refractivity contribution is 9.11. The number of hydrogen-bond donors (Lipinski definition) is 2. The van der Waals surface area contributed by atoms with E-state index in [0.29, 0.717) is 25.8 Å². The summed E-state index contributed by atoms with van der Waals surface area (Å²) in [5.41, 5.74) is 1.10. The number of hydrogen-bond acceptors (Lipinski definition) is 4. The fourth-order valence-corrected chi connectivity index (χ4v) is 3.22. The van der Waals surface area contributed by atoms with Gasteiger partial charge >= 0.3 is 0 Å². The standard InChI is InChI=1S/C15H8Br2O4/c16-10-3-7(4-11(17)15(10)20)5-13-14(19)9-2-1-8(18)6-12(9)21-13/h1-6,18,20H. The minimum absolute atomic E-state index is 0.0397. The van der Waals surface area contributed by atoms with Crippen molar-refractivity contribution in [1.29, 1.82) is 0 Å². The van der Waals surface area contributed by atoms with Gasteiger partial charge in [-0.2, -0.15) is 0 Å². The monoisotopic (exact) mass is 410 g/mol. The van der Waals surface area contributed by atoms with Crippen LogP contribution in [0.15, 0.2) is 45.0 Å². The molecule has 1 aliphatic heterocycles. The Hall–Kier alpha value is -1.79. The second-order valence-electron chi connectivity index (χ2n) is 4.45. The third-order valence-electron chi connectivity index (χ3n) is 2.99. The van der Waals surface area contributed by atoms with Crippen molar-refractivity contribution in [2.75, 3.05) is 0 Å². The maximum atomic E-state index is 12.2. The van der Waals surface area contributed by atoms with Crippen LogP contribution in [0.5, 0.6) is 17.2 Å². The maximum absolute atomic E-state index is 12.2. The van der Waals surface area contributed by atoms with Crippen LogP contribution in [-0.2, 0) is 0 Å². The zero-order chi connectivity index (χ0) is 15.1. The van der Waals surface area contributed by atoms with E-state index >= 15 is 0 Å². The first kappa shape index (κ1) is 14.2. The number of carbonyl (C=O) groups is 1. The summed E-state index contributed by atoms with van der Waals surface area (Å²) in [4.78, 5) is 12.2. The molecule has 0 saturated heterocycles. The zero-order valence-electron chi connectivity index (χ0n) is 10.4. The molecule has 0 amide bonds. The van der Waals surface area contributed by atoms with Gasteiger partial charge in [-0.05, 0) is 67.8 Å². The van der Waals surface area contributed by atoms with E-state index < -0.39 is 0 Å². The molecular weight excluding hydrogens is 404 g/mol. The van der Waals surface area contributed by atoms with Gasteiger partial charge in [0.1, 0.15) is 17.2 Å². The number of ketones is 1. The largest absolute Gasteiger partial charge is 0.508 e. The van der Waals surface area contributed by atoms with Crippen LogP contribution in [0.1, 0.15) is 15.9 Å². The molecule has 0 radical (unpaired) electrons. The summed E-state index contributed by atoms with van der Waals surface area (Å²) in [6.07, 6.45) is 1.58. The van der Waals surface area contributed by atoms with Gasteiger partial charge in [-0.15, -0.1) is 0 Å². The van der Waals surface area contributed by atoms with E-state index in [1.165, 1.54) is 18.2 Å². The lowest BCUT2D eigenvalue weighted by atomic mass is 10.1. The molecule has 21 heavy (non-hydrogen) atoms. The Labute approximate surface area is 136 Å². The molecule has 3 rings (SSSR count). The predicted octanol–water partition coefficient (Wildman–Crippen LogP) is 4.24. The molecule has 1 aliphatic rings. The van der Waals surface area contributed by atoms with Crippen LogP contribution in [0, 0.1) is 0 Å². The first-order valence-electron chi connectivity index (χ1n) is 5.91. The summed E-state index contributed by atoms with van der Waals surface area (Å²) in [5, 5.41) is 19.1. The third-order valence-corrected chi connectivity index (χ3v) is 4.20. The minimum Gasteiger partial charge on any atom is -0.508 e. The summed E-state index contributed by atoms with van der Waals surface area (Å²) >= 11 is 6.46. The van der Waals surface area contributed by atoms with Crippen molar-refractivity contribution in [1.82, 2.24) is 0 Å². The van der Waals surface area contributed by atoms with E-state index in [9.17, 15) is 15.0 Å². The molecule has 0 aliphatic carbocycles. The molecular formula is C15H8Br2O4. The van der Waals surface area contributed by atoms with Gasteiger partial charge in [0.2, 0.25) is 5.78 Å². The topological polar surface area (TPSA) is 66.8 Å². The van der Waals surface area contributed by atoms with E-state index in [0.717, 1.165) is 0 Å². The number of phenols is 2. The first-order chi connectivity index (χ1) is 9.95. The number of aromatic hydroxyl groups is 2. The van der Waals surface area contributed by atoms with E-state index in [2.05, 4.69) is 31.9 Å². The molecule has 4 nitrogen and oxygen atoms in total. The average molecular weight is 412 g/mol. The Morgan fingerprint density at radius 3 is 2.38 bits per heavy atom. The molecule has 2 N–H and O–H groups in total. The highest BCUT2D eigenvalue weighted by Gasteiger charge is 2.27. The molecule has 0 fully saturated rings. The first-order valence-corrected chi connectivity index (χ1v) is 7.49. The summed E-state index contributed by atoms with van der Waals surface area (Å²) in [7, 11) is 0. The van der Waals surface area contributed by atoms with Crippen molar-refractivity contribution in [3.05, 3.63) is 56.2 Å². The van der Waals surface area contributed by atoms with Gasteiger partial charge in [0, 0.05) is 6.07 Å². The van der Waals surface area contributed by atoms with E-state index in [1.54, 1.807) is 18.2 Å². The van der Waals surface area contributed by atoms with Gasteiger partial charge in [-0.1, -0.05) is 0 Å². The quantitative estimate of drug-likeness (QED) is 0.688. The number of benzene rings is 2. The Morgan fingerprint density at radius 2 is 1.71 bits per heavy atom. The number of ether oxygens (including phenoxy) is 1. The van der Waals surface area contributed by atoms with Crippen LogP contribution in [0.2, 0.25) is 0 Å². The van der Waals surface area contributed by atoms with Crippen LogP contribution in [0.25, 0.3) is 6.08 Å². The average Bonchev–Trinajstić information content (AvgIpc) is 2.72. The number of halogens is 2. The number of carbonyl (C=O) groups excluding carboxylic acids is 1.